The molecule has 0 rings (SSSR count). The third-order valence-electron chi connectivity index (χ3n) is 16.0. The molecular formula is C67H130O17P2. The minimum absolute atomic E-state index is 0.103. The van der Waals surface area contributed by atoms with Gasteiger partial charge in [0, 0.05) is 25.7 Å². The summed E-state index contributed by atoms with van der Waals surface area (Å²) >= 11 is 0. The maximum Gasteiger partial charge on any atom is 0.472 e. The number of phosphoric acid groups is 2. The highest BCUT2D eigenvalue weighted by Crippen LogP contribution is 2.45. The first-order valence-corrected chi connectivity index (χ1v) is 37.8. The molecule has 0 bridgehead atoms. The quantitative estimate of drug-likeness (QED) is 0.0222. The molecule has 510 valence electrons. The highest BCUT2D eigenvalue weighted by atomic mass is 31.2. The summed E-state index contributed by atoms with van der Waals surface area (Å²) in [5.41, 5.74) is 0. The van der Waals surface area contributed by atoms with Crippen molar-refractivity contribution in [3.8, 4) is 0 Å². The Bertz CT molecular complexity index is 1720. The Kier molecular flexibility index (Phi) is 55.7. The van der Waals surface area contributed by atoms with Gasteiger partial charge in [-0.3, -0.25) is 37.3 Å². The van der Waals surface area contributed by atoms with Crippen LogP contribution in [-0.4, -0.2) is 96.7 Å². The van der Waals surface area contributed by atoms with E-state index in [0.29, 0.717) is 31.6 Å². The number of carbonyl (C=O) groups is 4. The lowest BCUT2D eigenvalue weighted by atomic mass is 9.99. The average Bonchev–Trinajstić information content (AvgIpc) is 3.69. The van der Waals surface area contributed by atoms with E-state index in [1.54, 1.807) is 0 Å². The molecule has 0 aromatic heterocycles. The topological polar surface area (TPSA) is 237 Å². The summed E-state index contributed by atoms with van der Waals surface area (Å²) in [4.78, 5) is 72.4. The van der Waals surface area contributed by atoms with Crippen molar-refractivity contribution in [1.82, 2.24) is 0 Å². The van der Waals surface area contributed by atoms with Gasteiger partial charge in [0.2, 0.25) is 0 Å². The molecule has 0 amide bonds. The molecule has 5 unspecified atom stereocenters. The zero-order chi connectivity index (χ0) is 63.9. The molecule has 0 aromatic rings. The van der Waals surface area contributed by atoms with Gasteiger partial charge in [-0.1, -0.05) is 274 Å². The fourth-order valence-electron chi connectivity index (χ4n) is 9.89. The van der Waals surface area contributed by atoms with Gasteiger partial charge in [-0.2, -0.15) is 0 Å². The van der Waals surface area contributed by atoms with Crippen LogP contribution in [0.15, 0.2) is 0 Å². The number of unbranched alkanes of at least 4 members (excludes halogenated alkanes) is 28. The maximum atomic E-state index is 13.0. The second-order valence-electron chi connectivity index (χ2n) is 25.6. The maximum absolute atomic E-state index is 13.0. The molecule has 0 saturated heterocycles. The van der Waals surface area contributed by atoms with E-state index in [9.17, 15) is 43.2 Å². The van der Waals surface area contributed by atoms with Crippen LogP contribution in [0.5, 0.6) is 0 Å². The summed E-state index contributed by atoms with van der Waals surface area (Å²) in [5, 5.41) is 10.6. The predicted molar refractivity (Wildman–Crippen MR) is 344 cm³/mol. The van der Waals surface area contributed by atoms with Crippen LogP contribution in [0, 0.1) is 23.7 Å². The second kappa shape index (κ2) is 57.0. The van der Waals surface area contributed by atoms with Gasteiger partial charge in [-0.25, -0.2) is 9.13 Å². The Labute approximate surface area is 524 Å². The van der Waals surface area contributed by atoms with E-state index in [0.717, 1.165) is 114 Å². The van der Waals surface area contributed by atoms with E-state index in [-0.39, 0.29) is 25.7 Å². The number of hydrogen-bond acceptors (Lipinski definition) is 15. The first kappa shape index (κ1) is 84.1. The Hall–Kier alpha value is -1.94. The molecule has 0 aromatic carbocycles. The standard InChI is InChI=1S/C67H130O17P2/c1-9-59(7)45-37-29-21-14-16-24-33-41-49-66(71)83-62(53-77-64(69)47-39-31-23-13-11-12-19-27-35-43-57(3)4)55-81-85(73,74)79-51-61(68)52-80-86(75,76)82-56-63(54-78-65(70)48-40-32-26-18-20-28-36-44-58(5)6)84-67(72)50-42-34-25-17-15-22-30-38-46-60(8)10-2/h57-63,68H,9-56H2,1-8H3,(H,73,74)(H,75,76)/t59?,60?,61?,62-,63-/m1/s1. The minimum Gasteiger partial charge on any atom is -0.462 e. The van der Waals surface area contributed by atoms with Crippen molar-refractivity contribution in [3.63, 3.8) is 0 Å². The van der Waals surface area contributed by atoms with Crippen molar-refractivity contribution < 1.29 is 80.2 Å². The van der Waals surface area contributed by atoms with Crippen molar-refractivity contribution in [2.75, 3.05) is 39.6 Å². The molecule has 86 heavy (non-hydrogen) atoms. The molecule has 3 N–H and O–H groups in total. The highest BCUT2D eigenvalue weighted by molar-refractivity contribution is 7.47. The molecule has 0 saturated carbocycles. The van der Waals surface area contributed by atoms with Crippen LogP contribution in [0.25, 0.3) is 0 Å². The summed E-state index contributed by atoms with van der Waals surface area (Å²) in [6.07, 6.45) is 37.5. The minimum atomic E-state index is -4.95. The molecule has 19 heteroatoms. The normalized spacial score (nSPS) is 15.0. The number of hydrogen-bond donors (Lipinski definition) is 3. The summed E-state index contributed by atoms with van der Waals surface area (Å²) in [6.45, 7) is 14.0. The molecule has 0 spiro atoms. The van der Waals surface area contributed by atoms with Gasteiger partial charge in [-0.05, 0) is 49.4 Å². The van der Waals surface area contributed by atoms with E-state index in [1.807, 2.05) is 0 Å². The number of esters is 4. The van der Waals surface area contributed by atoms with Crippen LogP contribution in [0.3, 0.4) is 0 Å². The lowest BCUT2D eigenvalue weighted by Crippen LogP contribution is -2.30. The highest BCUT2D eigenvalue weighted by Gasteiger charge is 2.30. The summed E-state index contributed by atoms with van der Waals surface area (Å²) in [5.74, 6) is 0.851. The van der Waals surface area contributed by atoms with Crippen LogP contribution < -0.4 is 0 Å². The Morgan fingerprint density at radius 1 is 0.326 bits per heavy atom. The Balaban J connectivity index is 5.27. The van der Waals surface area contributed by atoms with Gasteiger partial charge in [0.1, 0.15) is 19.3 Å². The molecule has 0 aliphatic carbocycles. The summed E-state index contributed by atoms with van der Waals surface area (Å²) in [7, 11) is -9.90. The van der Waals surface area contributed by atoms with Crippen LogP contribution in [0.4, 0.5) is 0 Å². The van der Waals surface area contributed by atoms with E-state index in [2.05, 4.69) is 55.4 Å². The lowest BCUT2D eigenvalue weighted by Gasteiger charge is -2.21. The molecule has 7 atom stereocenters. The van der Waals surface area contributed by atoms with Crippen LogP contribution in [-0.2, 0) is 65.4 Å². The molecule has 0 aliphatic heterocycles. The molecule has 0 aliphatic rings. The van der Waals surface area contributed by atoms with Crippen molar-refractivity contribution >= 4 is 39.5 Å². The SMILES string of the molecule is CCC(C)CCCCCCCCCCC(=O)O[C@H](COC(=O)CCCCCCCCCCCC(C)C)COP(=O)(O)OCC(O)COP(=O)(O)OC[C@@H](COC(=O)CCCCCCCCCC(C)C)OC(=O)CCCCCCCCCCC(C)CC. The fraction of sp³-hybridized carbons (Fsp3) is 0.940. The van der Waals surface area contributed by atoms with Gasteiger partial charge >= 0.3 is 39.5 Å². The molecule has 0 fully saturated rings. The number of ether oxygens (including phenoxy) is 4. The van der Waals surface area contributed by atoms with E-state index in [1.165, 1.54) is 122 Å². The largest absolute Gasteiger partial charge is 0.472 e. The van der Waals surface area contributed by atoms with Gasteiger partial charge in [0.15, 0.2) is 12.2 Å². The predicted octanol–water partition coefficient (Wildman–Crippen LogP) is 18.5. The monoisotopic (exact) mass is 1270 g/mol. The fourth-order valence-corrected chi connectivity index (χ4v) is 11.5. The Morgan fingerprint density at radius 3 is 0.826 bits per heavy atom. The zero-order valence-corrected chi connectivity index (χ0v) is 57.7. The first-order valence-electron chi connectivity index (χ1n) is 34.8. The summed E-state index contributed by atoms with van der Waals surface area (Å²) < 4.78 is 68.1. The zero-order valence-electron chi connectivity index (χ0n) is 55.9. The van der Waals surface area contributed by atoms with Crippen LogP contribution >= 0.6 is 15.6 Å². The third-order valence-corrected chi connectivity index (χ3v) is 17.9. The van der Waals surface area contributed by atoms with Gasteiger partial charge in [-0.15, -0.1) is 0 Å². The number of rotatable bonds is 64. The van der Waals surface area contributed by atoms with E-state index in [4.69, 9.17) is 37.0 Å². The molecule has 17 nitrogen and oxygen atoms in total. The van der Waals surface area contributed by atoms with Crippen LogP contribution in [0.2, 0.25) is 0 Å². The third kappa shape index (κ3) is 58.4. The first-order chi connectivity index (χ1) is 41.2. The second-order valence-corrected chi connectivity index (χ2v) is 28.6. The van der Waals surface area contributed by atoms with E-state index < -0.39 is 97.5 Å². The van der Waals surface area contributed by atoms with Gasteiger partial charge in [0.05, 0.1) is 26.4 Å². The number of aliphatic hydroxyl groups is 1. The molecule has 0 radical (unpaired) electrons. The molecule has 0 heterocycles. The van der Waals surface area contributed by atoms with Crippen molar-refractivity contribution in [2.24, 2.45) is 23.7 Å². The summed E-state index contributed by atoms with van der Waals surface area (Å²) in [6, 6.07) is 0. The van der Waals surface area contributed by atoms with Gasteiger partial charge < -0.3 is 33.8 Å². The number of aliphatic hydroxyl groups excluding tert-OH is 1. The lowest BCUT2D eigenvalue weighted by molar-refractivity contribution is -0.161. The van der Waals surface area contributed by atoms with Gasteiger partial charge in [0.25, 0.3) is 0 Å². The number of carbonyl (C=O) groups excluding carboxylic acids is 4. The smallest absolute Gasteiger partial charge is 0.462 e. The average molecular weight is 1270 g/mol. The van der Waals surface area contributed by atoms with Crippen molar-refractivity contribution in [1.29, 1.82) is 0 Å². The Morgan fingerprint density at radius 2 is 0.558 bits per heavy atom. The van der Waals surface area contributed by atoms with Crippen molar-refractivity contribution in [3.05, 3.63) is 0 Å². The van der Waals surface area contributed by atoms with E-state index >= 15 is 0 Å². The van der Waals surface area contributed by atoms with Crippen molar-refractivity contribution in [2.45, 2.75) is 343 Å². The van der Waals surface area contributed by atoms with Crippen LogP contribution in [0.1, 0.15) is 325 Å². The number of phosphoric ester groups is 2. The molecular weight excluding hydrogens is 1140 g/mol.